The minimum absolute atomic E-state index is 0.0213. The Morgan fingerprint density at radius 1 is 1.04 bits per heavy atom. The van der Waals surface area contributed by atoms with Gasteiger partial charge in [0.05, 0.1) is 17.9 Å². The number of thioether (sulfide) groups is 1. The summed E-state index contributed by atoms with van der Waals surface area (Å²) in [5.41, 5.74) is 3.58. The van der Waals surface area contributed by atoms with Crippen LogP contribution in [0.1, 0.15) is 28.4 Å². The van der Waals surface area contributed by atoms with Gasteiger partial charge in [0.25, 0.3) is 0 Å². The van der Waals surface area contributed by atoms with Crippen molar-refractivity contribution < 1.29 is 14.3 Å². The van der Waals surface area contributed by atoms with Crippen LogP contribution in [0, 0.1) is 6.92 Å². The van der Waals surface area contributed by atoms with Crippen molar-refractivity contribution in [2.24, 2.45) is 0 Å². The summed E-state index contributed by atoms with van der Waals surface area (Å²) in [7, 11) is 0. The first-order valence-corrected chi connectivity index (χ1v) is 8.94. The van der Waals surface area contributed by atoms with E-state index in [1.807, 2.05) is 43.3 Å². The van der Waals surface area contributed by atoms with Crippen molar-refractivity contribution in [3.8, 4) is 0 Å². The Hall–Kier alpha value is -2.27. The van der Waals surface area contributed by atoms with E-state index >= 15 is 0 Å². The predicted octanol–water partition coefficient (Wildman–Crippen LogP) is 4.04. The van der Waals surface area contributed by atoms with Crippen LogP contribution in [0.15, 0.2) is 48.5 Å². The first-order valence-electron chi connectivity index (χ1n) is 7.79. The topological polar surface area (TPSA) is 55.4 Å². The number of hydrogen-bond acceptors (Lipinski definition) is 4. The predicted molar refractivity (Wildman–Crippen MR) is 98.4 cm³/mol. The molecule has 126 valence electrons. The molecule has 1 amide bonds. The number of aryl methyl sites for hydroxylation is 1. The summed E-state index contributed by atoms with van der Waals surface area (Å²) in [6.07, 6.45) is 0. The lowest BCUT2D eigenvalue weighted by atomic mass is 10.1. The molecule has 0 spiro atoms. The van der Waals surface area contributed by atoms with E-state index in [0.717, 1.165) is 16.8 Å². The molecule has 0 radical (unpaired) electrons. The van der Waals surface area contributed by atoms with E-state index in [9.17, 15) is 9.59 Å². The average Bonchev–Trinajstić information content (AvgIpc) is 2.58. The first-order chi connectivity index (χ1) is 11.6. The number of benzene rings is 2. The lowest BCUT2D eigenvalue weighted by molar-refractivity contribution is -0.113. The van der Waals surface area contributed by atoms with Gasteiger partial charge in [0.15, 0.2) is 0 Å². The van der Waals surface area contributed by atoms with Crippen molar-refractivity contribution in [3.05, 3.63) is 65.2 Å². The number of carbonyl (C=O) groups is 2. The largest absolute Gasteiger partial charge is 0.462 e. The molecule has 0 aliphatic heterocycles. The maximum atomic E-state index is 11.9. The highest BCUT2D eigenvalue weighted by Crippen LogP contribution is 2.15. The van der Waals surface area contributed by atoms with Crippen molar-refractivity contribution in [3.63, 3.8) is 0 Å². The van der Waals surface area contributed by atoms with Gasteiger partial charge < -0.3 is 10.1 Å². The number of amides is 1. The zero-order valence-electron chi connectivity index (χ0n) is 13.9. The summed E-state index contributed by atoms with van der Waals surface area (Å²) in [4.78, 5) is 23.5. The maximum Gasteiger partial charge on any atom is 0.338 e. The summed E-state index contributed by atoms with van der Waals surface area (Å²) in [6, 6.07) is 15.0. The Balaban J connectivity index is 1.76. The van der Waals surface area contributed by atoms with Crippen LogP contribution in [-0.2, 0) is 15.3 Å². The summed E-state index contributed by atoms with van der Waals surface area (Å²) in [6.45, 7) is 4.16. The molecule has 0 saturated heterocycles. The normalized spacial score (nSPS) is 10.2. The van der Waals surface area contributed by atoms with Crippen molar-refractivity contribution in [1.29, 1.82) is 0 Å². The first kappa shape index (κ1) is 18.1. The third-order valence-electron chi connectivity index (χ3n) is 3.30. The van der Waals surface area contributed by atoms with Crippen LogP contribution in [0.3, 0.4) is 0 Å². The number of hydrogen-bond donors (Lipinski definition) is 1. The fourth-order valence-electron chi connectivity index (χ4n) is 2.05. The minimum Gasteiger partial charge on any atom is -0.462 e. The number of carbonyl (C=O) groups excluding carboxylic acids is 2. The van der Waals surface area contributed by atoms with Gasteiger partial charge in [-0.3, -0.25) is 4.79 Å². The van der Waals surface area contributed by atoms with Crippen LogP contribution in [0.4, 0.5) is 5.69 Å². The van der Waals surface area contributed by atoms with Crippen LogP contribution in [0.25, 0.3) is 0 Å². The molecule has 0 bridgehead atoms. The van der Waals surface area contributed by atoms with E-state index in [2.05, 4.69) is 5.32 Å². The highest BCUT2D eigenvalue weighted by atomic mass is 32.2. The quantitative estimate of drug-likeness (QED) is 0.771. The molecule has 0 unspecified atom stereocenters. The lowest BCUT2D eigenvalue weighted by Crippen LogP contribution is -2.14. The molecule has 0 saturated carbocycles. The third kappa shape index (κ3) is 5.74. The van der Waals surface area contributed by atoms with Gasteiger partial charge in [-0.15, -0.1) is 11.8 Å². The van der Waals surface area contributed by atoms with E-state index in [-0.39, 0.29) is 11.9 Å². The van der Waals surface area contributed by atoms with E-state index in [0.29, 0.717) is 23.7 Å². The highest BCUT2D eigenvalue weighted by Gasteiger charge is 2.06. The van der Waals surface area contributed by atoms with E-state index < -0.39 is 0 Å². The number of esters is 1. The zero-order valence-corrected chi connectivity index (χ0v) is 14.7. The Morgan fingerprint density at radius 3 is 2.33 bits per heavy atom. The molecular weight excluding hydrogens is 322 g/mol. The van der Waals surface area contributed by atoms with Crippen LogP contribution >= 0.6 is 11.8 Å². The van der Waals surface area contributed by atoms with E-state index in [1.165, 1.54) is 11.8 Å². The van der Waals surface area contributed by atoms with Crippen LogP contribution < -0.4 is 5.32 Å². The van der Waals surface area contributed by atoms with Gasteiger partial charge in [0, 0.05) is 11.4 Å². The minimum atomic E-state index is -0.311. The fraction of sp³-hybridized carbons (Fsp3) is 0.263. The molecule has 0 aliphatic carbocycles. The van der Waals surface area contributed by atoms with E-state index in [4.69, 9.17) is 4.74 Å². The Morgan fingerprint density at radius 2 is 1.71 bits per heavy atom. The Labute approximate surface area is 146 Å². The smallest absolute Gasteiger partial charge is 0.338 e. The Bertz CT molecular complexity index is 681. The molecule has 0 fully saturated rings. The van der Waals surface area contributed by atoms with Crippen molar-refractivity contribution >= 4 is 29.3 Å². The van der Waals surface area contributed by atoms with Crippen LogP contribution in [0.5, 0.6) is 0 Å². The van der Waals surface area contributed by atoms with Crippen molar-refractivity contribution in [2.75, 3.05) is 17.7 Å². The SMILES string of the molecule is CCOC(=O)c1ccc(CSCC(=O)Nc2ccc(C)cc2)cc1. The molecule has 4 nitrogen and oxygen atoms in total. The molecule has 2 aromatic rings. The summed E-state index contributed by atoms with van der Waals surface area (Å²) in [5.74, 6) is 0.763. The van der Waals surface area contributed by atoms with Gasteiger partial charge in [-0.25, -0.2) is 4.79 Å². The summed E-state index contributed by atoms with van der Waals surface area (Å²) < 4.78 is 4.95. The third-order valence-corrected chi connectivity index (χ3v) is 4.31. The van der Waals surface area contributed by atoms with Gasteiger partial charge in [0.2, 0.25) is 5.91 Å². The molecule has 2 rings (SSSR count). The lowest BCUT2D eigenvalue weighted by Gasteiger charge is -2.06. The number of ether oxygens (including phenoxy) is 1. The standard InChI is InChI=1S/C19H21NO3S/c1-3-23-19(22)16-8-6-15(7-9-16)12-24-13-18(21)20-17-10-4-14(2)5-11-17/h4-11H,3,12-13H2,1-2H3,(H,20,21). The summed E-state index contributed by atoms with van der Waals surface area (Å²) >= 11 is 1.53. The molecule has 24 heavy (non-hydrogen) atoms. The number of anilines is 1. The molecule has 0 aromatic heterocycles. The monoisotopic (exact) mass is 343 g/mol. The van der Waals surface area contributed by atoms with Gasteiger partial charge in [-0.05, 0) is 43.7 Å². The Kier molecular flexibility index (Phi) is 6.88. The number of rotatable bonds is 7. The molecule has 0 atom stereocenters. The van der Waals surface area contributed by atoms with Crippen LogP contribution in [0.2, 0.25) is 0 Å². The fourth-order valence-corrected chi connectivity index (χ4v) is 2.83. The summed E-state index contributed by atoms with van der Waals surface area (Å²) in [5, 5.41) is 2.87. The zero-order chi connectivity index (χ0) is 17.4. The van der Waals surface area contributed by atoms with Gasteiger partial charge in [-0.2, -0.15) is 0 Å². The second-order valence-electron chi connectivity index (χ2n) is 5.32. The molecular formula is C19H21NO3S. The average molecular weight is 343 g/mol. The highest BCUT2D eigenvalue weighted by molar-refractivity contribution is 7.99. The van der Waals surface area contributed by atoms with E-state index in [1.54, 1.807) is 19.1 Å². The molecule has 2 aromatic carbocycles. The van der Waals surface area contributed by atoms with Crippen molar-refractivity contribution in [2.45, 2.75) is 19.6 Å². The van der Waals surface area contributed by atoms with Gasteiger partial charge in [-0.1, -0.05) is 29.8 Å². The number of nitrogens with one attached hydrogen (secondary N) is 1. The molecule has 1 N–H and O–H groups in total. The molecule has 0 aliphatic rings. The van der Waals surface area contributed by atoms with Gasteiger partial charge in [0.1, 0.15) is 0 Å². The molecule has 5 heteroatoms. The second-order valence-corrected chi connectivity index (χ2v) is 6.31. The molecule has 0 heterocycles. The maximum absolute atomic E-state index is 11.9. The van der Waals surface area contributed by atoms with Crippen molar-refractivity contribution in [1.82, 2.24) is 0 Å². The van der Waals surface area contributed by atoms with Gasteiger partial charge >= 0.3 is 5.97 Å². The van der Waals surface area contributed by atoms with Crippen LogP contribution in [-0.4, -0.2) is 24.2 Å². The second kappa shape index (κ2) is 9.13.